The van der Waals surface area contributed by atoms with Crippen LogP contribution in [-0.2, 0) is 14.3 Å². The molecule has 1 saturated heterocycles. The lowest BCUT2D eigenvalue weighted by Gasteiger charge is -2.27. The molecule has 0 aliphatic carbocycles. The van der Waals surface area contributed by atoms with Crippen LogP contribution in [0.15, 0.2) is 24.3 Å². The van der Waals surface area contributed by atoms with Gasteiger partial charge in [-0.05, 0) is 12.1 Å². The Morgan fingerprint density at radius 3 is 2.71 bits per heavy atom. The van der Waals surface area contributed by atoms with Crippen LogP contribution in [0.5, 0.6) is 0 Å². The molecule has 2 amide bonds. The average Bonchev–Trinajstić information content (AvgIpc) is 2.60. The van der Waals surface area contributed by atoms with Crippen LogP contribution in [0.1, 0.15) is 12.5 Å². The number of nitrogens with zero attached hydrogens (tertiary/aromatic N) is 3. The zero-order chi connectivity index (χ0) is 17.4. The van der Waals surface area contributed by atoms with Crippen molar-refractivity contribution in [3.8, 4) is 6.07 Å². The topological polar surface area (TPSA) is 85.7 Å². The monoisotopic (exact) mass is 330 g/mol. The van der Waals surface area contributed by atoms with Crippen molar-refractivity contribution in [2.75, 3.05) is 50.8 Å². The number of hydrogen-bond donors (Lipinski definition) is 1. The molecule has 0 atom stereocenters. The van der Waals surface area contributed by atoms with Gasteiger partial charge in [0.25, 0.3) is 0 Å². The van der Waals surface area contributed by atoms with Gasteiger partial charge in [0.2, 0.25) is 11.8 Å². The number of nitrogens with one attached hydrogen (secondary N) is 1. The molecule has 7 heteroatoms. The van der Waals surface area contributed by atoms with Crippen molar-refractivity contribution in [2.24, 2.45) is 0 Å². The molecule has 0 unspecified atom stereocenters. The van der Waals surface area contributed by atoms with E-state index in [1.807, 2.05) is 6.07 Å². The number of hydrogen-bond acceptors (Lipinski definition) is 5. The van der Waals surface area contributed by atoms with Gasteiger partial charge in [-0.2, -0.15) is 5.26 Å². The van der Waals surface area contributed by atoms with Crippen LogP contribution in [0.2, 0.25) is 0 Å². The number of para-hydroxylation sites is 1. The Morgan fingerprint density at radius 2 is 2.04 bits per heavy atom. The summed E-state index contributed by atoms with van der Waals surface area (Å²) in [4.78, 5) is 27.6. The summed E-state index contributed by atoms with van der Waals surface area (Å²) in [5.41, 5.74) is 0.824. The first-order valence-electron chi connectivity index (χ1n) is 7.96. The van der Waals surface area contributed by atoms with Gasteiger partial charge in [-0.25, -0.2) is 0 Å². The second kappa shape index (κ2) is 9.01. The number of morpholine rings is 1. The van der Waals surface area contributed by atoms with Gasteiger partial charge in [0.1, 0.15) is 12.6 Å². The van der Waals surface area contributed by atoms with Crippen LogP contribution >= 0.6 is 0 Å². The molecule has 1 aromatic carbocycles. The van der Waals surface area contributed by atoms with Gasteiger partial charge >= 0.3 is 0 Å². The van der Waals surface area contributed by atoms with Crippen molar-refractivity contribution in [3.63, 3.8) is 0 Å². The predicted octanol–water partition coefficient (Wildman–Crippen LogP) is 0.360. The number of benzene rings is 1. The van der Waals surface area contributed by atoms with E-state index in [2.05, 4.69) is 10.2 Å². The number of amides is 2. The Balaban J connectivity index is 1.89. The highest BCUT2D eigenvalue weighted by atomic mass is 16.5. The summed E-state index contributed by atoms with van der Waals surface area (Å²) in [6, 6.07) is 8.80. The summed E-state index contributed by atoms with van der Waals surface area (Å²) < 4.78 is 5.28. The minimum atomic E-state index is -0.277. The fraction of sp³-hybridized carbons (Fsp3) is 0.471. The Labute approximate surface area is 141 Å². The highest BCUT2D eigenvalue weighted by Crippen LogP contribution is 2.19. The lowest BCUT2D eigenvalue weighted by molar-refractivity contribution is -0.123. The largest absolute Gasteiger partial charge is 0.379 e. The van der Waals surface area contributed by atoms with Crippen LogP contribution in [-0.4, -0.2) is 62.7 Å². The Hall–Kier alpha value is -2.43. The van der Waals surface area contributed by atoms with Crippen LogP contribution in [0, 0.1) is 11.3 Å². The van der Waals surface area contributed by atoms with Gasteiger partial charge in [0.15, 0.2) is 0 Å². The standard InChI is InChI=1S/C17H22N4O3/c1-14(22)21(16-5-3-2-4-15(16)12-18)13-17(23)19-6-7-20-8-10-24-11-9-20/h2-5H,6-11,13H2,1H3,(H,19,23). The first-order chi connectivity index (χ1) is 11.6. The first-order valence-corrected chi connectivity index (χ1v) is 7.96. The maximum absolute atomic E-state index is 12.1. The molecule has 0 bridgehead atoms. The van der Waals surface area contributed by atoms with Gasteiger partial charge in [0, 0.05) is 33.1 Å². The van der Waals surface area contributed by atoms with Crippen molar-refractivity contribution >= 4 is 17.5 Å². The summed E-state index contributed by atoms with van der Waals surface area (Å²) in [6.45, 7) is 5.73. The molecular formula is C17H22N4O3. The van der Waals surface area contributed by atoms with Crippen LogP contribution < -0.4 is 10.2 Å². The van der Waals surface area contributed by atoms with E-state index >= 15 is 0 Å². The Morgan fingerprint density at radius 1 is 1.33 bits per heavy atom. The third-order valence-corrected chi connectivity index (χ3v) is 3.85. The van der Waals surface area contributed by atoms with E-state index in [9.17, 15) is 9.59 Å². The van der Waals surface area contributed by atoms with Crippen LogP contribution in [0.4, 0.5) is 5.69 Å². The zero-order valence-corrected chi connectivity index (χ0v) is 13.8. The SMILES string of the molecule is CC(=O)N(CC(=O)NCCN1CCOCC1)c1ccccc1C#N. The highest BCUT2D eigenvalue weighted by molar-refractivity contribution is 5.98. The minimum Gasteiger partial charge on any atom is -0.379 e. The molecule has 1 N–H and O–H groups in total. The molecule has 1 aliphatic heterocycles. The first kappa shape index (κ1) is 17.9. The Bertz CT molecular complexity index is 621. The summed E-state index contributed by atoms with van der Waals surface area (Å²) in [7, 11) is 0. The van der Waals surface area contributed by atoms with Crippen molar-refractivity contribution in [2.45, 2.75) is 6.92 Å². The summed E-state index contributed by atoms with van der Waals surface area (Å²) in [6.07, 6.45) is 0. The summed E-state index contributed by atoms with van der Waals surface area (Å²) >= 11 is 0. The van der Waals surface area contributed by atoms with E-state index in [0.29, 0.717) is 17.8 Å². The van der Waals surface area contributed by atoms with Crippen LogP contribution in [0.3, 0.4) is 0 Å². The number of carbonyl (C=O) groups is 2. The van der Waals surface area contributed by atoms with Gasteiger partial charge in [-0.15, -0.1) is 0 Å². The molecule has 1 aliphatic rings. The third-order valence-electron chi connectivity index (χ3n) is 3.85. The van der Waals surface area contributed by atoms with E-state index in [4.69, 9.17) is 10.00 Å². The second-order valence-corrected chi connectivity index (χ2v) is 5.54. The molecular weight excluding hydrogens is 308 g/mol. The third kappa shape index (κ3) is 5.05. The molecule has 24 heavy (non-hydrogen) atoms. The maximum Gasteiger partial charge on any atom is 0.240 e. The number of rotatable bonds is 6. The maximum atomic E-state index is 12.1. The van der Waals surface area contributed by atoms with E-state index in [1.165, 1.54) is 11.8 Å². The molecule has 128 valence electrons. The lowest BCUT2D eigenvalue weighted by Crippen LogP contribution is -2.44. The summed E-state index contributed by atoms with van der Waals surface area (Å²) in [5, 5.41) is 12.0. The van der Waals surface area contributed by atoms with Crippen molar-refractivity contribution in [3.05, 3.63) is 29.8 Å². The highest BCUT2D eigenvalue weighted by Gasteiger charge is 2.18. The number of anilines is 1. The van der Waals surface area contributed by atoms with E-state index < -0.39 is 0 Å². The fourth-order valence-electron chi connectivity index (χ4n) is 2.55. The average molecular weight is 330 g/mol. The second-order valence-electron chi connectivity index (χ2n) is 5.54. The molecule has 1 fully saturated rings. The van der Waals surface area contributed by atoms with Gasteiger partial charge < -0.3 is 15.0 Å². The molecule has 1 heterocycles. The molecule has 0 spiro atoms. The fourth-order valence-corrected chi connectivity index (χ4v) is 2.55. The normalized spacial score (nSPS) is 14.7. The molecule has 2 rings (SSSR count). The van der Waals surface area contributed by atoms with Gasteiger partial charge in [0.05, 0.1) is 24.5 Å². The summed E-state index contributed by atoms with van der Waals surface area (Å²) in [5.74, 6) is -0.521. The van der Waals surface area contributed by atoms with E-state index in [1.54, 1.807) is 24.3 Å². The van der Waals surface area contributed by atoms with E-state index in [-0.39, 0.29) is 18.4 Å². The molecule has 0 aromatic heterocycles. The minimum absolute atomic E-state index is 0.100. The number of ether oxygens (including phenoxy) is 1. The lowest BCUT2D eigenvalue weighted by atomic mass is 10.1. The van der Waals surface area contributed by atoms with Crippen molar-refractivity contribution in [1.29, 1.82) is 5.26 Å². The zero-order valence-electron chi connectivity index (χ0n) is 13.8. The van der Waals surface area contributed by atoms with Crippen LogP contribution in [0.25, 0.3) is 0 Å². The predicted molar refractivity (Wildman–Crippen MR) is 89.5 cm³/mol. The van der Waals surface area contributed by atoms with Gasteiger partial charge in [-0.1, -0.05) is 12.1 Å². The number of carbonyl (C=O) groups excluding carboxylic acids is 2. The smallest absolute Gasteiger partial charge is 0.240 e. The molecule has 0 radical (unpaired) electrons. The molecule has 0 saturated carbocycles. The molecule has 1 aromatic rings. The van der Waals surface area contributed by atoms with Crippen molar-refractivity contribution < 1.29 is 14.3 Å². The molecule has 7 nitrogen and oxygen atoms in total. The Kier molecular flexibility index (Phi) is 6.73. The number of nitriles is 1. The van der Waals surface area contributed by atoms with E-state index in [0.717, 1.165) is 32.8 Å². The van der Waals surface area contributed by atoms with Crippen molar-refractivity contribution in [1.82, 2.24) is 10.2 Å². The quantitative estimate of drug-likeness (QED) is 0.814. The van der Waals surface area contributed by atoms with Gasteiger partial charge in [-0.3, -0.25) is 14.5 Å².